The van der Waals surface area contributed by atoms with Gasteiger partial charge in [-0.1, -0.05) is 12.1 Å². The van der Waals surface area contributed by atoms with Crippen molar-refractivity contribution in [2.45, 2.75) is 20.0 Å². The molecule has 0 radical (unpaired) electrons. The van der Waals surface area contributed by atoms with Gasteiger partial charge in [0, 0.05) is 12.6 Å². The maximum absolute atomic E-state index is 5.05. The molecule has 3 rings (SSSR count). The third-order valence-electron chi connectivity index (χ3n) is 3.45. The maximum Gasteiger partial charge on any atom is 0.213 e. The molecule has 3 aromatic rings. The number of anilines is 1. The van der Waals surface area contributed by atoms with E-state index in [4.69, 9.17) is 4.74 Å². The zero-order valence-electron chi connectivity index (χ0n) is 12.2. The molecular formula is C16H18N4O. The number of pyridine rings is 1. The highest BCUT2D eigenvalue weighted by Crippen LogP contribution is 2.17. The lowest BCUT2D eigenvalue weighted by molar-refractivity contribution is 0.398. The minimum atomic E-state index is 0.612. The van der Waals surface area contributed by atoms with Crippen LogP contribution in [-0.2, 0) is 13.1 Å². The van der Waals surface area contributed by atoms with Gasteiger partial charge in [-0.2, -0.15) is 0 Å². The second-order valence-electron chi connectivity index (χ2n) is 4.70. The summed E-state index contributed by atoms with van der Waals surface area (Å²) in [5, 5.41) is 3.35. The van der Waals surface area contributed by atoms with Crippen molar-refractivity contribution in [2.75, 3.05) is 12.4 Å². The van der Waals surface area contributed by atoms with E-state index in [9.17, 15) is 0 Å². The van der Waals surface area contributed by atoms with Crippen molar-refractivity contribution >= 4 is 16.7 Å². The van der Waals surface area contributed by atoms with Crippen LogP contribution in [0.1, 0.15) is 12.7 Å². The van der Waals surface area contributed by atoms with Crippen molar-refractivity contribution in [3.63, 3.8) is 0 Å². The highest BCUT2D eigenvalue weighted by Gasteiger charge is 2.08. The summed E-state index contributed by atoms with van der Waals surface area (Å²) >= 11 is 0. The van der Waals surface area contributed by atoms with Crippen LogP contribution >= 0.6 is 0 Å². The number of rotatable bonds is 5. The number of methoxy groups -OCH3 is 1. The van der Waals surface area contributed by atoms with E-state index < -0.39 is 0 Å². The van der Waals surface area contributed by atoms with E-state index in [0.29, 0.717) is 12.4 Å². The van der Waals surface area contributed by atoms with Crippen LogP contribution in [0.25, 0.3) is 11.0 Å². The SMILES string of the molecule is CCn1c(CNc2ccc(OC)nc2)nc2ccccc21. The number of aromatic nitrogens is 3. The maximum atomic E-state index is 5.05. The Bertz CT molecular complexity index is 734. The lowest BCUT2D eigenvalue weighted by Gasteiger charge is -2.08. The monoisotopic (exact) mass is 282 g/mol. The van der Waals surface area contributed by atoms with Gasteiger partial charge in [-0.05, 0) is 25.1 Å². The van der Waals surface area contributed by atoms with Crippen LogP contribution in [0.15, 0.2) is 42.6 Å². The lowest BCUT2D eigenvalue weighted by atomic mass is 10.3. The minimum absolute atomic E-state index is 0.612. The Labute approximate surface area is 123 Å². The molecule has 1 aromatic carbocycles. The summed E-state index contributed by atoms with van der Waals surface area (Å²) in [6.45, 7) is 3.70. The number of hydrogen-bond donors (Lipinski definition) is 1. The number of hydrogen-bond acceptors (Lipinski definition) is 4. The third kappa shape index (κ3) is 2.67. The van der Waals surface area contributed by atoms with Crippen molar-refractivity contribution in [3.05, 3.63) is 48.4 Å². The van der Waals surface area contributed by atoms with Crippen LogP contribution in [0, 0.1) is 0 Å². The number of nitrogens with zero attached hydrogens (tertiary/aromatic N) is 3. The first-order valence-corrected chi connectivity index (χ1v) is 7.00. The van der Waals surface area contributed by atoms with Crippen LogP contribution < -0.4 is 10.1 Å². The summed E-state index contributed by atoms with van der Waals surface area (Å²) < 4.78 is 7.27. The van der Waals surface area contributed by atoms with Gasteiger partial charge < -0.3 is 14.6 Å². The molecule has 0 aliphatic heterocycles. The van der Waals surface area contributed by atoms with Gasteiger partial charge in [0.25, 0.3) is 0 Å². The molecule has 5 nitrogen and oxygen atoms in total. The summed E-state index contributed by atoms with van der Waals surface area (Å²) in [6, 6.07) is 12.0. The Balaban J connectivity index is 1.80. The molecule has 0 atom stereocenters. The Morgan fingerprint density at radius 3 is 2.76 bits per heavy atom. The van der Waals surface area contributed by atoms with Crippen LogP contribution in [0.4, 0.5) is 5.69 Å². The van der Waals surface area contributed by atoms with E-state index in [1.807, 2.05) is 30.3 Å². The molecule has 0 spiro atoms. The van der Waals surface area contributed by atoms with E-state index in [1.165, 1.54) is 5.52 Å². The molecule has 2 aromatic heterocycles. The van der Waals surface area contributed by atoms with Gasteiger partial charge >= 0.3 is 0 Å². The van der Waals surface area contributed by atoms with Crippen LogP contribution in [-0.4, -0.2) is 21.6 Å². The van der Waals surface area contributed by atoms with Crippen molar-refractivity contribution < 1.29 is 4.74 Å². The average Bonchev–Trinajstić information content (AvgIpc) is 2.91. The van der Waals surface area contributed by atoms with Crippen LogP contribution in [0.3, 0.4) is 0 Å². The summed E-state index contributed by atoms with van der Waals surface area (Å²) in [6.07, 6.45) is 1.76. The molecule has 0 saturated carbocycles. The first kappa shape index (κ1) is 13.4. The topological polar surface area (TPSA) is 52.0 Å². The minimum Gasteiger partial charge on any atom is -0.481 e. The Kier molecular flexibility index (Phi) is 3.73. The third-order valence-corrected chi connectivity index (χ3v) is 3.45. The number of imidazole rings is 1. The van der Waals surface area contributed by atoms with Gasteiger partial charge in [0.15, 0.2) is 0 Å². The predicted molar refractivity (Wildman–Crippen MR) is 83.5 cm³/mol. The van der Waals surface area contributed by atoms with Crippen molar-refractivity contribution in [2.24, 2.45) is 0 Å². The van der Waals surface area contributed by atoms with E-state index in [1.54, 1.807) is 13.3 Å². The molecule has 108 valence electrons. The molecule has 0 unspecified atom stereocenters. The quantitative estimate of drug-likeness (QED) is 0.781. The molecule has 5 heteroatoms. The number of aryl methyl sites for hydroxylation is 1. The van der Waals surface area contributed by atoms with E-state index in [0.717, 1.165) is 23.6 Å². The van der Waals surface area contributed by atoms with Gasteiger partial charge in [0.2, 0.25) is 5.88 Å². The molecule has 0 bridgehead atoms. The van der Waals surface area contributed by atoms with Crippen LogP contribution in [0.5, 0.6) is 5.88 Å². The highest BCUT2D eigenvalue weighted by molar-refractivity contribution is 5.75. The molecule has 0 aliphatic rings. The number of nitrogens with one attached hydrogen (secondary N) is 1. The predicted octanol–water partition coefficient (Wildman–Crippen LogP) is 3.07. The standard InChI is InChI=1S/C16H18N4O/c1-3-20-14-7-5-4-6-13(14)19-15(20)11-17-12-8-9-16(21-2)18-10-12/h4-10,17H,3,11H2,1-2H3. The zero-order valence-corrected chi connectivity index (χ0v) is 12.2. The summed E-state index contributed by atoms with van der Waals surface area (Å²) in [5.41, 5.74) is 3.15. The lowest BCUT2D eigenvalue weighted by Crippen LogP contribution is -2.08. The Hall–Kier alpha value is -2.56. The second-order valence-corrected chi connectivity index (χ2v) is 4.70. The molecular weight excluding hydrogens is 264 g/mol. The normalized spacial score (nSPS) is 10.8. The number of para-hydroxylation sites is 2. The molecule has 0 aliphatic carbocycles. The number of fused-ring (bicyclic) bond motifs is 1. The zero-order chi connectivity index (χ0) is 14.7. The number of ether oxygens (including phenoxy) is 1. The fraction of sp³-hybridized carbons (Fsp3) is 0.250. The molecule has 0 saturated heterocycles. The molecule has 21 heavy (non-hydrogen) atoms. The average molecular weight is 282 g/mol. The summed E-state index contributed by atoms with van der Waals surface area (Å²) in [7, 11) is 1.61. The van der Waals surface area contributed by atoms with E-state index in [2.05, 4.69) is 32.8 Å². The first-order chi connectivity index (χ1) is 10.3. The molecule has 2 heterocycles. The molecule has 1 N–H and O–H groups in total. The molecule has 0 amide bonds. The first-order valence-electron chi connectivity index (χ1n) is 7.00. The highest BCUT2D eigenvalue weighted by atomic mass is 16.5. The fourth-order valence-corrected chi connectivity index (χ4v) is 2.40. The Morgan fingerprint density at radius 1 is 1.19 bits per heavy atom. The van der Waals surface area contributed by atoms with Gasteiger partial charge in [-0.15, -0.1) is 0 Å². The molecule has 0 fully saturated rings. The van der Waals surface area contributed by atoms with Crippen molar-refractivity contribution in [3.8, 4) is 5.88 Å². The summed E-state index contributed by atoms with van der Waals surface area (Å²) in [5.74, 6) is 1.64. The van der Waals surface area contributed by atoms with Crippen molar-refractivity contribution in [1.29, 1.82) is 0 Å². The van der Waals surface area contributed by atoms with E-state index >= 15 is 0 Å². The van der Waals surface area contributed by atoms with E-state index in [-0.39, 0.29) is 0 Å². The van der Waals surface area contributed by atoms with Crippen LogP contribution in [0.2, 0.25) is 0 Å². The van der Waals surface area contributed by atoms with Gasteiger partial charge in [-0.25, -0.2) is 9.97 Å². The Morgan fingerprint density at radius 2 is 2.05 bits per heavy atom. The number of benzene rings is 1. The van der Waals surface area contributed by atoms with Crippen molar-refractivity contribution in [1.82, 2.24) is 14.5 Å². The smallest absolute Gasteiger partial charge is 0.213 e. The van der Waals surface area contributed by atoms with Gasteiger partial charge in [-0.3, -0.25) is 0 Å². The summed E-state index contributed by atoms with van der Waals surface area (Å²) in [4.78, 5) is 8.87. The largest absolute Gasteiger partial charge is 0.481 e. The van der Waals surface area contributed by atoms with Gasteiger partial charge in [0.1, 0.15) is 5.82 Å². The fourth-order valence-electron chi connectivity index (χ4n) is 2.40. The van der Waals surface area contributed by atoms with Gasteiger partial charge in [0.05, 0.1) is 36.6 Å². The second kappa shape index (κ2) is 5.83.